The zero-order valence-corrected chi connectivity index (χ0v) is 17.9. The number of nitrogens with zero attached hydrogens (tertiary/aromatic N) is 2. The molecule has 1 amide bonds. The Hall–Kier alpha value is -1.20. The first-order valence-electron chi connectivity index (χ1n) is 9.69. The van der Waals surface area contributed by atoms with Crippen molar-refractivity contribution in [2.24, 2.45) is 0 Å². The molecule has 4 nitrogen and oxygen atoms in total. The van der Waals surface area contributed by atoms with Gasteiger partial charge in [0.05, 0.1) is 27.2 Å². The third-order valence-corrected chi connectivity index (χ3v) is 5.91. The standard InChI is InChI=1S/C21H35N2O2S/c1-17(2)19-8-7-18(3)20(15-19)25-12-6-11-23(4,5)16-21(24)22-9-13-26-14-10-22/h7-8,15,17H,6,9-14,16H2,1-5H3/q+1. The smallest absolute Gasteiger partial charge is 0.277 e. The molecule has 0 saturated carbocycles. The topological polar surface area (TPSA) is 29.5 Å². The number of likely N-dealkylation sites (N-methyl/N-ethyl adjacent to an activating group) is 1. The third-order valence-electron chi connectivity index (χ3n) is 4.97. The van der Waals surface area contributed by atoms with Crippen LogP contribution in [0.3, 0.4) is 0 Å². The van der Waals surface area contributed by atoms with Gasteiger partial charge in [-0.05, 0) is 30.0 Å². The highest BCUT2D eigenvalue weighted by molar-refractivity contribution is 7.99. The molecular weight excluding hydrogens is 344 g/mol. The quantitative estimate of drug-likeness (QED) is 0.511. The number of hydrogen-bond donors (Lipinski definition) is 0. The minimum absolute atomic E-state index is 0.289. The van der Waals surface area contributed by atoms with Gasteiger partial charge in [0.2, 0.25) is 0 Å². The molecule has 1 aliphatic rings. The summed E-state index contributed by atoms with van der Waals surface area (Å²) >= 11 is 1.94. The number of carbonyl (C=O) groups excluding carboxylic acids is 1. The molecule has 0 unspecified atom stereocenters. The van der Waals surface area contributed by atoms with Crippen molar-refractivity contribution in [2.45, 2.75) is 33.1 Å². The van der Waals surface area contributed by atoms with E-state index in [2.05, 4.69) is 53.1 Å². The predicted molar refractivity (Wildman–Crippen MR) is 111 cm³/mol. The number of aryl methyl sites for hydroxylation is 1. The van der Waals surface area contributed by atoms with Crippen molar-refractivity contribution in [2.75, 3.05) is 58.4 Å². The number of ether oxygens (including phenoxy) is 1. The van der Waals surface area contributed by atoms with Crippen LogP contribution in [-0.2, 0) is 4.79 Å². The first kappa shape index (κ1) is 21.1. The fourth-order valence-electron chi connectivity index (χ4n) is 3.16. The Morgan fingerprint density at radius 3 is 2.62 bits per heavy atom. The second-order valence-electron chi connectivity index (χ2n) is 8.19. The van der Waals surface area contributed by atoms with Crippen LogP contribution in [0.15, 0.2) is 18.2 Å². The minimum Gasteiger partial charge on any atom is -0.493 e. The van der Waals surface area contributed by atoms with Gasteiger partial charge in [0.25, 0.3) is 5.91 Å². The van der Waals surface area contributed by atoms with Crippen LogP contribution in [0, 0.1) is 6.92 Å². The van der Waals surface area contributed by atoms with Crippen molar-refractivity contribution in [3.63, 3.8) is 0 Å². The zero-order valence-electron chi connectivity index (χ0n) is 17.1. The highest BCUT2D eigenvalue weighted by Gasteiger charge is 2.25. The van der Waals surface area contributed by atoms with Crippen molar-refractivity contribution < 1.29 is 14.0 Å². The summed E-state index contributed by atoms with van der Waals surface area (Å²) in [4.78, 5) is 14.5. The number of thioether (sulfide) groups is 1. The Morgan fingerprint density at radius 2 is 1.96 bits per heavy atom. The molecule has 1 saturated heterocycles. The Morgan fingerprint density at radius 1 is 1.27 bits per heavy atom. The lowest BCUT2D eigenvalue weighted by Crippen LogP contribution is -2.51. The van der Waals surface area contributed by atoms with Gasteiger partial charge in [-0.15, -0.1) is 0 Å². The lowest BCUT2D eigenvalue weighted by atomic mass is 10.0. The highest BCUT2D eigenvalue weighted by atomic mass is 32.2. The fourth-order valence-corrected chi connectivity index (χ4v) is 4.07. The first-order valence-corrected chi connectivity index (χ1v) is 10.8. The average molecular weight is 380 g/mol. The lowest BCUT2D eigenvalue weighted by molar-refractivity contribution is -0.882. The second kappa shape index (κ2) is 9.65. The van der Waals surface area contributed by atoms with Crippen LogP contribution in [0.25, 0.3) is 0 Å². The SMILES string of the molecule is Cc1ccc(C(C)C)cc1OCCC[N+](C)(C)CC(=O)N1CCSCC1. The fraction of sp³-hybridized carbons (Fsp3) is 0.667. The molecule has 0 spiro atoms. The number of benzene rings is 1. The average Bonchev–Trinajstić information content (AvgIpc) is 2.60. The van der Waals surface area contributed by atoms with Gasteiger partial charge in [-0.1, -0.05) is 26.0 Å². The van der Waals surface area contributed by atoms with Gasteiger partial charge in [0.15, 0.2) is 6.54 Å². The largest absolute Gasteiger partial charge is 0.493 e. The molecule has 1 heterocycles. The van der Waals surface area contributed by atoms with E-state index in [0.29, 0.717) is 19.1 Å². The Kier molecular flexibility index (Phi) is 7.84. The lowest BCUT2D eigenvalue weighted by Gasteiger charge is -2.33. The van der Waals surface area contributed by atoms with Crippen LogP contribution >= 0.6 is 11.8 Å². The number of quaternary nitrogens is 1. The van der Waals surface area contributed by atoms with Gasteiger partial charge in [-0.3, -0.25) is 4.79 Å². The monoisotopic (exact) mass is 379 g/mol. The van der Waals surface area contributed by atoms with Crippen molar-refractivity contribution in [3.8, 4) is 5.75 Å². The van der Waals surface area contributed by atoms with Gasteiger partial charge in [-0.25, -0.2) is 0 Å². The third kappa shape index (κ3) is 6.51. The van der Waals surface area contributed by atoms with Crippen LogP contribution in [0.5, 0.6) is 5.75 Å². The molecule has 0 N–H and O–H groups in total. The van der Waals surface area contributed by atoms with E-state index in [9.17, 15) is 4.79 Å². The van der Waals surface area contributed by atoms with E-state index in [4.69, 9.17) is 4.74 Å². The van der Waals surface area contributed by atoms with Gasteiger partial charge < -0.3 is 14.1 Å². The van der Waals surface area contributed by atoms with E-state index in [0.717, 1.165) is 47.8 Å². The molecule has 2 rings (SSSR count). The minimum atomic E-state index is 0.289. The molecule has 0 radical (unpaired) electrons. The van der Waals surface area contributed by atoms with E-state index in [1.165, 1.54) is 11.1 Å². The molecule has 5 heteroatoms. The number of rotatable bonds is 8. The molecule has 1 aromatic carbocycles. The summed E-state index contributed by atoms with van der Waals surface area (Å²) in [5, 5.41) is 0. The Labute approximate surface area is 163 Å². The molecule has 146 valence electrons. The second-order valence-corrected chi connectivity index (χ2v) is 9.42. The molecular formula is C21H35N2O2S+. The summed E-state index contributed by atoms with van der Waals surface area (Å²) in [6.45, 7) is 10.5. The van der Waals surface area contributed by atoms with Gasteiger partial charge in [0, 0.05) is 31.0 Å². The van der Waals surface area contributed by atoms with Gasteiger partial charge in [-0.2, -0.15) is 11.8 Å². The zero-order chi connectivity index (χ0) is 19.2. The highest BCUT2D eigenvalue weighted by Crippen LogP contribution is 2.24. The van der Waals surface area contributed by atoms with Crippen LogP contribution < -0.4 is 4.74 Å². The molecule has 26 heavy (non-hydrogen) atoms. The predicted octanol–water partition coefficient (Wildman–Crippen LogP) is 3.54. The summed E-state index contributed by atoms with van der Waals surface area (Å²) in [6.07, 6.45) is 0.946. The number of carbonyl (C=O) groups is 1. The molecule has 0 atom stereocenters. The maximum Gasteiger partial charge on any atom is 0.277 e. The van der Waals surface area contributed by atoms with Crippen LogP contribution in [0.4, 0.5) is 0 Å². The summed E-state index contributed by atoms with van der Waals surface area (Å²) < 4.78 is 6.76. The van der Waals surface area contributed by atoms with Crippen LogP contribution in [0.1, 0.15) is 37.3 Å². The van der Waals surface area contributed by atoms with Gasteiger partial charge in [0.1, 0.15) is 5.75 Å². The number of amides is 1. The summed E-state index contributed by atoms with van der Waals surface area (Å²) in [7, 11) is 4.28. The summed E-state index contributed by atoms with van der Waals surface area (Å²) in [6, 6.07) is 6.48. The molecule has 0 bridgehead atoms. The maximum atomic E-state index is 12.5. The van der Waals surface area contributed by atoms with E-state index < -0.39 is 0 Å². The van der Waals surface area contributed by atoms with Crippen molar-refractivity contribution >= 4 is 17.7 Å². The van der Waals surface area contributed by atoms with Crippen LogP contribution in [0.2, 0.25) is 0 Å². The summed E-state index contributed by atoms with van der Waals surface area (Å²) in [5.74, 6) is 3.93. The normalized spacial score (nSPS) is 15.4. The van der Waals surface area contributed by atoms with Crippen molar-refractivity contribution in [1.82, 2.24) is 4.90 Å². The van der Waals surface area contributed by atoms with E-state index in [-0.39, 0.29) is 5.91 Å². The van der Waals surface area contributed by atoms with E-state index in [1.807, 2.05) is 16.7 Å². The van der Waals surface area contributed by atoms with Crippen LogP contribution in [-0.4, -0.2) is 73.7 Å². The molecule has 1 aromatic rings. The molecule has 0 aliphatic carbocycles. The molecule has 1 fully saturated rings. The number of hydrogen-bond acceptors (Lipinski definition) is 3. The van der Waals surface area contributed by atoms with Gasteiger partial charge >= 0.3 is 0 Å². The molecule has 1 aliphatic heterocycles. The Bertz CT molecular complexity index is 596. The first-order chi connectivity index (χ1) is 12.3. The van der Waals surface area contributed by atoms with E-state index >= 15 is 0 Å². The Balaban J connectivity index is 1.77. The molecule has 0 aromatic heterocycles. The van der Waals surface area contributed by atoms with Crippen molar-refractivity contribution in [3.05, 3.63) is 29.3 Å². The van der Waals surface area contributed by atoms with E-state index in [1.54, 1.807) is 0 Å². The van der Waals surface area contributed by atoms with Crippen molar-refractivity contribution in [1.29, 1.82) is 0 Å². The maximum absolute atomic E-state index is 12.5. The summed E-state index contributed by atoms with van der Waals surface area (Å²) in [5.41, 5.74) is 2.49.